The smallest absolute Gasteiger partial charge is 0.376 e. The minimum Gasteiger partial charge on any atom is -0.376 e. The van der Waals surface area contributed by atoms with Crippen LogP contribution in [-0.2, 0) is 18.9 Å². The van der Waals surface area contributed by atoms with Crippen LogP contribution >= 0.6 is 19.2 Å². The van der Waals surface area contributed by atoms with Crippen molar-refractivity contribution in [2.24, 2.45) is 0 Å². The number of hydrogen-bond acceptors (Lipinski definition) is 7. The summed E-state index contributed by atoms with van der Waals surface area (Å²) in [6, 6.07) is 7.29. The lowest BCUT2D eigenvalue weighted by Gasteiger charge is -2.25. The second kappa shape index (κ2) is 4.58. The van der Waals surface area contributed by atoms with Gasteiger partial charge in [0.25, 0.3) is 5.19 Å². The van der Waals surface area contributed by atoms with Crippen LogP contribution in [0, 0.1) is 0 Å². The summed E-state index contributed by atoms with van der Waals surface area (Å²) in [5.74, 6) is 0. The third kappa shape index (κ3) is 2.54. The van der Waals surface area contributed by atoms with Crippen molar-refractivity contribution >= 4 is 29.4 Å². The Morgan fingerprint density at radius 3 is 2.94 bits per heavy atom. The summed E-state index contributed by atoms with van der Waals surface area (Å²) in [5.41, 5.74) is 0.695. The average molecular weight is 289 g/mol. The fourth-order valence-electron chi connectivity index (χ4n) is 1.33. The van der Waals surface area contributed by atoms with Crippen LogP contribution in [0.3, 0.4) is 0 Å². The van der Waals surface area contributed by atoms with Gasteiger partial charge < -0.3 is 4.52 Å². The zero-order valence-electron chi connectivity index (χ0n) is 8.88. The Labute approximate surface area is 105 Å². The van der Waals surface area contributed by atoms with Crippen molar-refractivity contribution in [1.82, 2.24) is 4.98 Å². The predicted molar refractivity (Wildman–Crippen MR) is 62.0 cm³/mol. The molecule has 2 heterocycles. The van der Waals surface area contributed by atoms with Gasteiger partial charge in [0.15, 0.2) is 0 Å². The Morgan fingerprint density at radius 2 is 2.28 bits per heavy atom. The van der Waals surface area contributed by atoms with Gasteiger partial charge in [0.2, 0.25) is 6.29 Å². The third-order valence-electron chi connectivity index (χ3n) is 2.10. The molecule has 2 unspecified atom stereocenters. The van der Waals surface area contributed by atoms with E-state index in [1.54, 1.807) is 6.07 Å². The van der Waals surface area contributed by atoms with Gasteiger partial charge in [-0.25, -0.2) is 23.8 Å². The van der Waals surface area contributed by atoms with E-state index in [1.165, 1.54) is 0 Å². The molecular formula is C9H8NO6PS. The number of para-hydroxylation sites is 1. The van der Waals surface area contributed by atoms with E-state index in [-0.39, 0.29) is 11.8 Å². The molecule has 2 aromatic rings. The zero-order valence-corrected chi connectivity index (χ0v) is 10.6. The maximum atomic E-state index is 11.6. The van der Waals surface area contributed by atoms with Crippen molar-refractivity contribution in [2.75, 3.05) is 6.61 Å². The van der Waals surface area contributed by atoms with E-state index in [9.17, 15) is 9.46 Å². The molecular weight excluding hydrogens is 281 g/mol. The van der Waals surface area contributed by atoms with E-state index in [2.05, 4.69) is 19.3 Å². The van der Waals surface area contributed by atoms with Crippen LogP contribution in [0.4, 0.5) is 0 Å². The second-order valence-corrected chi connectivity index (χ2v) is 5.75. The third-order valence-corrected chi connectivity index (χ3v) is 4.04. The second-order valence-electron chi connectivity index (χ2n) is 3.42. The van der Waals surface area contributed by atoms with E-state index in [4.69, 9.17) is 4.52 Å². The molecule has 1 saturated heterocycles. The maximum absolute atomic E-state index is 11.6. The van der Waals surface area contributed by atoms with Crippen LogP contribution in [-0.4, -0.2) is 22.8 Å². The highest BCUT2D eigenvalue weighted by Crippen LogP contribution is 2.47. The monoisotopic (exact) mass is 289 g/mol. The molecule has 9 heteroatoms. The summed E-state index contributed by atoms with van der Waals surface area (Å²) in [6.07, 6.45) is -0.879. The number of thiazole rings is 1. The summed E-state index contributed by atoms with van der Waals surface area (Å²) in [7, 11) is -4.25. The van der Waals surface area contributed by atoms with Gasteiger partial charge in [-0.1, -0.05) is 23.5 Å². The Kier molecular flexibility index (Phi) is 3.06. The first-order valence-electron chi connectivity index (χ1n) is 4.97. The van der Waals surface area contributed by atoms with Crippen molar-refractivity contribution in [3.63, 3.8) is 0 Å². The van der Waals surface area contributed by atoms with Gasteiger partial charge >= 0.3 is 7.82 Å². The van der Waals surface area contributed by atoms with Gasteiger partial charge in [0.05, 0.1) is 10.2 Å². The van der Waals surface area contributed by atoms with E-state index in [1.807, 2.05) is 18.2 Å². The number of aromatic nitrogens is 1. The van der Waals surface area contributed by atoms with E-state index >= 15 is 0 Å². The summed E-state index contributed by atoms with van der Waals surface area (Å²) >= 11 is 1.16. The maximum Gasteiger partial charge on any atom is 0.531 e. The van der Waals surface area contributed by atoms with Crippen molar-refractivity contribution in [2.45, 2.75) is 6.29 Å². The minimum absolute atomic E-state index is 0.0716. The normalized spacial score (nSPS) is 22.4. The van der Waals surface area contributed by atoms with E-state index in [0.29, 0.717) is 5.52 Å². The molecule has 7 nitrogen and oxygen atoms in total. The standard InChI is InChI=1S/C9H8NO6PS/c11-17(12,15-8-5-13-14-8)16-9-10-6-3-1-2-4-7(6)18-9/h1-4,8H,5H2,(H,11,12). The molecule has 0 aliphatic carbocycles. The first-order valence-corrected chi connectivity index (χ1v) is 7.28. The first-order chi connectivity index (χ1) is 8.62. The van der Waals surface area contributed by atoms with Crippen molar-refractivity contribution in [3.05, 3.63) is 24.3 Å². The summed E-state index contributed by atoms with van der Waals surface area (Å²) in [6.45, 7) is 0.0910. The van der Waals surface area contributed by atoms with E-state index < -0.39 is 14.1 Å². The molecule has 3 rings (SSSR count). The number of nitrogens with zero attached hydrogens (tertiary/aromatic N) is 1. The molecule has 1 fully saturated rings. The number of hydrogen-bond donors (Lipinski definition) is 1. The van der Waals surface area contributed by atoms with Crippen LogP contribution in [0.25, 0.3) is 10.2 Å². The fourth-order valence-corrected chi connectivity index (χ4v) is 3.13. The molecule has 18 heavy (non-hydrogen) atoms. The van der Waals surface area contributed by atoms with Crippen molar-refractivity contribution in [3.8, 4) is 5.19 Å². The summed E-state index contributed by atoms with van der Waals surface area (Å²) in [5, 5.41) is 0.0716. The van der Waals surface area contributed by atoms with Crippen molar-refractivity contribution in [1.29, 1.82) is 0 Å². The zero-order chi connectivity index (χ0) is 12.6. The topological polar surface area (TPSA) is 87.1 Å². The Balaban J connectivity index is 1.76. The molecule has 0 saturated carbocycles. The lowest BCUT2D eigenvalue weighted by Crippen LogP contribution is -2.33. The Hall–Kier alpha value is -1.02. The number of fused-ring (bicyclic) bond motifs is 1. The molecule has 0 bridgehead atoms. The molecule has 1 aromatic heterocycles. The Bertz CT molecular complexity index is 579. The highest BCUT2D eigenvalue weighted by Gasteiger charge is 2.34. The van der Waals surface area contributed by atoms with Crippen LogP contribution in [0.2, 0.25) is 0 Å². The summed E-state index contributed by atoms with van der Waals surface area (Å²) < 4.78 is 22.0. The van der Waals surface area contributed by atoms with Gasteiger partial charge in [0.1, 0.15) is 6.61 Å². The number of benzene rings is 1. The molecule has 1 aliphatic rings. The lowest BCUT2D eigenvalue weighted by molar-refractivity contribution is -0.468. The van der Waals surface area contributed by atoms with Gasteiger partial charge in [-0.2, -0.15) is 0 Å². The average Bonchev–Trinajstić information content (AvgIpc) is 2.64. The predicted octanol–water partition coefficient (Wildman–Crippen LogP) is 2.08. The van der Waals surface area contributed by atoms with Crippen LogP contribution < -0.4 is 4.52 Å². The molecule has 1 aromatic carbocycles. The number of phosphoric ester groups is 1. The number of rotatable bonds is 4. The Morgan fingerprint density at radius 1 is 1.50 bits per heavy atom. The molecule has 0 radical (unpaired) electrons. The molecule has 0 spiro atoms. The van der Waals surface area contributed by atoms with Crippen LogP contribution in [0.1, 0.15) is 0 Å². The quantitative estimate of drug-likeness (QED) is 0.681. The molecule has 96 valence electrons. The fraction of sp³-hybridized carbons (Fsp3) is 0.222. The van der Waals surface area contributed by atoms with Crippen LogP contribution in [0.15, 0.2) is 24.3 Å². The minimum atomic E-state index is -4.25. The first kappa shape index (κ1) is 12.0. The highest BCUT2D eigenvalue weighted by molar-refractivity contribution is 7.48. The number of phosphoric acid groups is 1. The van der Waals surface area contributed by atoms with Gasteiger partial charge in [-0.3, -0.25) is 4.89 Å². The van der Waals surface area contributed by atoms with Gasteiger partial charge in [-0.15, -0.1) is 0 Å². The SMILES string of the molecule is O=P(O)(Oc1nc2ccccc2s1)OC1COO1. The van der Waals surface area contributed by atoms with Gasteiger partial charge in [0, 0.05) is 0 Å². The molecule has 1 aliphatic heterocycles. The van der Waals surface area contributed by atoms with E-state index in [0.717, 1.165) is 16.0 Å². The molecule has 0 amide bonds. The van der Waals surface area contributed by atoms with Crippen molar-refractivity contribution < 1.29 is 28.3 Å². The van der Waals surface area contributed by atoms with Gasteiger partial charge in [-0.05, 0) is 12.1 Å². The largest absolute Gasteiger partial charge is 0.531 e. The molecule has 2 atom stereocenters. The molecule has 1 N–H and O–H groups in total. The lowest BCUT2D eigenvalue weighted by atomic mass is 10.3. The summed E-state index contributed by atoms with van der Waals surface area (Å²) in [4.78, 5) is 22.3. The van der Waals surface area contributed by atoms with Crippen LogP contribution in [0.5, 0.6) is 5.19 Å². The highest BCUT2D eigenvalue weighted by atomic mass is 32.1.